The monoisotopic (exact) mass is 482 g/mol. The first-order valence-electron chi connectivity index (χ1n) is 12.5. The van der Waals surface area contributed by atoms with Gasteiger partial charge in [0.25, 0.3) is 11.8 Å². The summed E-state index contributed by atoms with van der Waals surface area (Å²) < 4.78 is 11.3. The van der Waals surface area contributed by atoms with Crippen molar-refractivity contribution in [1.29, 1.82) is 0 Å². The van der Waals surface area contributed by atoms with Crippen LogP contribution in [0.25, 0.3) is 22.8 Å². The van der Waals surface area contributed by atoms with Gasteiger partial charge in [-0.05, 0) is 74.5 Å². The number of piperidine rings is 1. The molecule has 36 heavy (non-hydrogen) atoms. The van der Waals surface area contributed by atoms with E-state index in [1.807, 2.05) is 66.7 Å². The molecule has 1 amide bonds. The first-order chi connectivity index (χ1) is 17.7. The van der Waals surface area contributed by atoms with E-state index >= 15 is 0 Å². The quantitative estimate of drug-likeness (QED) is 0.342. The number of aromatic nitrogens is 2. The third-order valence-electron chi connectivity index (χ3n) is 6.56. The molecule has 184 valence electrons. The molecule has 1 N–H and O–H groups in total. The minimum Gasteiger partial charge on any atom is -0.457 e. The number of benzene rings is 3. The summed E-state index contributed by atoms with van der Waals surface area (Å²) in [7, 11) is 0. The van der Waals surface area contributed by atoms with Gasteiger partial charge in [-0.15, -0.1) is 0 Å². The Balaban J connectivity index is 1.20. The summed E-state index contributed by atoms with van der Waals surface area (Å²) in [5, 5.41) is 7.22. The lowest BCUT2D eigenvalue weighted by Crippen LogP contribution is -2.46. The Morgan fingerprint density at radius 2 is 1.69 bits per heavy atom. The lowest BCUT2D eigenvalue weighted by Gasteiger charge is -2.34. The zero-order valence-electron chi connectivity index (χ0n) is 20.4. The zero-order chi connectivity index (χ0) is 24.7. The number of nitrogens with zero attached hydrogens (tertiary/aromatic N) is 3. The van der Waals surface area contributed by atoms with Crippen molar-refractivity contribution in [3.8, 4) is 34.3 Å². The van der Waals surface area contributed by atoms with Gasteiger partial charge in [-0.1, -0.05) is 48.8 Å². The van der Waals surface area contributed by atoms with Crippen molar-refractivity contribution in [3.05, 3.63) is 84.4 Å². The number of likely N-dealkylation sites (N-methyl/N-ethyl adjacent to an activating group) is 1. The van der Waals surface area contributed by atoms with E-state index in [1.165, 1.54) is 12.8 Å². The molecule has 1 aliphatic rings. The van der Waals surface area contributed by atoms with E-state index in [0.717, 1.165) is 42.1 Å². The summed E-state index contributed by atoms with van der Waals surface area (Å²) in [5.74, 6) is 2.34. The van der Waals surface area contributed by atoms with Crippen LogP contribution in [-0.2, 0) is 0 Å². The highest BCUT2D eigenvalue weighted by molar-refractivity contribution is 5.94. The summed E-state index contributed by atoms with van der Waals surface area (Å²) in [6.45, 7) is 4.99. The van der Waals surface area contributed by atoms with Gasteiger partial charge in [0.1, 0.15) is 11.5 Å². The van der Waals surface area contributed by atoms with Crippen molar-refractivity contribution in [1.82, 2.24) is 20.4 Å². The van der Waals surface area contributed by atoms with Gasteiger partial charge in [-0.2, -0.15) is 4.98 Å². The van der Waals surface area contributed by atoms with Gasteiger partial charge in [-0.25, -0.2) is 0 Å². The van der Waals surface area contributed by atoms with Gasteiger partial charge in [0.15, 0.2) is 0 Å². The second kappa shape index (κ2) is 11.2. The second-order valence-corrected chi connectivity index (χ2v) is 8.93. The Kier molecular flexibility index (Phi) is 7.38. The van der Waals surface area contributed by atoms with E-state index in [9.17, 15) is 4.79 Å². The van der Waals surface area contributed by atoms with Crippen molar-refractivity contribution < 1.29 is 14.1 Å². The number of ether oxygens (including phenoxy) is 1. The molecule has 0 bridgehead atoms. The zero-order valence-corrected chi connectivity index (χ0v) is 20.4. The minimum absolute atomic E-state index is 0.0604. The first-order valence-corrected chi connectivity index (χ1v) is 12.5. The number of hydrogen-bond donors (Lipinski definition) is 1. The van der Waals surface area contributed by atoms with Gasteiger partial charge < -0.3 is 14.6 Å². The molecule has 0 radical (unpaired) electrons. The van der Waals surface area contributed by atoms with E-state index < -0.39 is 0 Å². The van der Waals surface area contributed by atoms with Gasteiger partial charge in [0.2, 0.25) is 5.82 Å². The molecule has 1 fully saturated rings. The van der Waals surface area contributed by atoms with Crippen LogP contribution in [0, 0.1) is 0 Å². The van der Waals surface area contributed by atoms with Crippen LogP contribution < -0.4 is 10.1 Å². The number of nitrogens with one attached hydrogen (secondary N) is 1. The molecule has 7 nitrogen and oxygen atoms in total. The topological polar surface area (TPSA) is 80.5 Å². The second-order valence-electron chi connectivity index (χ2n) is 8.93. The van der Waals surface area contributed by atoms with Crippen LogP contribution in [0.3, 0.4) is 0 Å². The molecule has 5 rings (SSSR count). The number of amides is 1. The van der Waals surface area contributed by atoms with Crippen molar-refractivity contribution in [2.24, 2.45) is 0 Å². The average Bonchev–Trinajstić information content (AvgIpc) is 3.43. The highest BCUT2D eigenvalue weighted by atomic mass is 16.5. The van der Waals surface area contributed by atoms with Crippen LogP contribution >= 0.6 is 0 Å². The molecular formula is C29H30N4O3. The molecule has 4 aromatic rings. The van der Waals surface area contributed by atoms with Crippen LogP contribution in [0.1, 0.15) is 36.5 Å². The molecule has 0 aliphatic carbocycles. The predicted octanol–water partition coefficient (Wildman–Crippen LogP) is 5.80. The van der Waals surface area contributed by atoms with Gasteiger partial charge in [0.05, 0.1) is 0 Å². The number of carbonyl (C=O) groups is 1. The molecule has 7 heteroatoms. The maximum absolute atomic E-state index is 12.7. The van der Waals surface area contributed by atoms with Crippen molar-refractivity contribution in [3.63, 3.8) is 0 Å². The number of rotatable bonds is 8. The van der Waals surface area contributed by atoms with Crippen molar-refractivity contribution in [2.75, 3.05) is 19.6 Å². The Morgan fingerprint density at radius 1 is 0.972 bits per heavy atom. The summed E-state index contributed by atoms with van der Waals surface area (Å²) >= 11 is 0. The summed E-state index contributed by atoms with van der Waals surface area (Å²) in [6, 6.07) is 24.8. The molecule has 1 unspecified atom stereocenters. The van der Waals surface area contributed by atoms with Gasteiger partial charge >= 0.3 is 0 Å². The number of hydrogen-bond acceptors (Lipinski definition) is 6. The van der Waals surface area contributed by atoms with Crippen molar-refractivity contribution in [2.45, 2.75) is 32.2 Å². The summed E-state index contributed by atoms with van der Waals surface area (Å²) in [5.41, 5.74) is 2.21. The fourth-order valence-corrected chi connectivity index (χ4v) is 4.54. The van der Waals surface area contributed by atoms with E-state index in [4.69, 9.17) is 9.26 Å². The smallest absolute Gasteiger partial charge is 0.258 e. The Hall–Kier alpha value is -3.97. The van der Waals surface area contributed by atoms with Gasteiger partial charge in [-0.3, -0.25) is 9.69 Å². The van der Waals surface area contributed by atoms with E-state index in [2.05, 4.69) is 27.3 Å². The highest BCUT2D eigenvalue weighted by Crippen LogP contribution is 2.26. The van der Waals surface area contributed by atoms with Crippen LogP contribution in [0.5, 0.6) is 11.5 Å². The first kappa shape index (κ1) is 23.8. The molecule has 1 atom stereocenters. The van der Waals surface area contributed by atoms with Crippen LogP contribution in [-0.4, -0.2) is 46.6 Å². The van der Waals surface area contributed by atoms with E-state index in [0.29, 0.717) is 29.9 Å². The Morgan fingerprint density at radius 3 is 2.44 bits per heavy atom. The van der Waals surface area contributed by atoms with Crippen molar-refractivity contribution >= 4 is 5.91 Å². The summed E-state index contributed by atoms with van der Waals surface area (Å²) in [4.78, 5) is 19.7. The van der Waals surface area contributed by atoms with Crippen LogP contribution in [0.2, 0.25) is 0 Å². The van der Waals surface area contributed by atoms with Crippen LogP contribution in [0.15, 0.2) is 83.4 Å². The minimum atomic E-state index is -0.0604. The number of para-hydroxylation sites is 1. The fourth-order valence-electron chi connectivity index (χ4n) is 4.54. The fraction of sp³-hybridized carbons (Fsp3) is 0.276. The SMILES string of the molecule is CCN1CCCCC1CNC(=O)c1ccc(-c2noc(-c3ccc(Oc4ccccc4)cc3)n2)cc1. The standard InChI is InChI=1S/C29H30N4O3/c1-2-33-19-7-6-8-24(33)20-30-28(34)22-13-11-21(12-14-22)27-31-29(36-32-27)23-15-17-26(18-16-23)35-25-9-4-3-5-10-25/h3-5,9-18,24H,2,6-8,19-20H2,1H3,(H,30,34). The predicted molar refractivity (Wildman–Crippen MR) is 139 cm³/mol. The molecular weight excluding hydrogens is 452 g/mol. The maximum Gasteiger partial charge on any atom is 0.258 e. The average molecular weight is 483 g/mol. The Bertz CT molecular complexity index is 1270. The molecule has 1 aromatic heterocycles. The molecule has 1 saturated heterocycles. The van der Waals surface area contributed by atoms with E-state index in [1.54, 1.807) is 12.1 Å². The largest absolute Gasteiger partial charge is 0.457 e. The van der Waals surface area contributed by atoms with E-state index in [-0.39, 0.29) is 5.91 Å². The van der Waals surface area contributed by atoms with Gasteiger partial charge in [0, 0.05) is 29.3 Å². The number of carbonyl (C=O) groups excluding carboxylic acids is 1. The normalized spacial score (nSPS) is 16.0. The van der Waals surface area contributed by atoms with Crippen LogP contribution in [0.4, 0.5) is 0 Å². The molecule has 3 aromatic carbocycles. The highest BCUT2D eigenvalue weighted by Gasteiger charge is 2.21. The summed E-state index contributed by atoms with van der Waals surface area (Å²) in [6.07, 6.45) is 3.60. The Labute approximate surface area is 211 Å². The molecule has 0 saturated carbocycles. The molecule has 1 aliphatic heterocycles. The lowest BCUT2D eigenvalue weighted by molar-refractivity contribution is 0.0918. The third-order valence-corrected chi connectivity index (χ3v) is 6.56. The third kappa shape index (κ3) is 5.63. The molecule has 0 spiro atoms. The lowest BCUT2D eigenvalue weighted by atomic mass is 10.0. The number of likely N-dealkylation sites (tertiary alicyclic amines) is 1. The maximum atomic E-state index is 12.7. The molecule has 2 heterocycles.